The number of rotatable bonds is 6. The number of hydrogen-bond acceptors (Lipinski definition) is 3. The highest BCUT2D eigenvalue weighted by molar-refractivity contribution is 5.94. The van der Waals surface area contributed by atoms with Crippen LogP contribution in [0.5, 0.6) is 0 Å². The monoisotopic (exact) mass is 349 g/mol. The standard InChI is InChI=1S/C17H14F3N3O2/c1-10(22-23-17(25)11-2-4-12(18)5-3-11)8-16(24)21-15-7-6-13(19)9-14(15)20/h2-7,9,22H,1,8H2,(H,21,24)(H,23,25). The summed E-state index contributed by atoms with van der Waals surface area (Å²) in [5, 5.41) is 2.26. The van der Waals surface area contributed by atoms with Gasteiger partial charge < -0.3 is 10.7 Å². The van der Waals surface area contributed by atoms with Crippen LogP contribution in [0.3, 0.4) is 0 Å². The van der Waals surface area contributed by atoms with Crippen molar-refractivity contribution in [1.29, 1.82) is 0 Å². The average Bonchev–Trinajstić information content (AvgIpc) is 2.56. The number of nitrogens with one attached hydrogen (secondary N) is 3. The molecule has 0 aliphatic carbocycles. The van der Waals surface area contributed by atoms with E-state index in [1.54, 1.807) is 0 Å². The van der Waals surface area contributed by atoms with Gasteiger partial charge >= 0.3 is 0 Å². The first kappa shape index (κ1) is 18.1. The highest BCUT2D eigenvalue weighted by Crippen LogP contribution is 2.15. The third-order valence-corrected chi connectivity index (χ3v) is 3.04. The number of carbonyl (C=O) groups excluding carboxylic acids is 2. The number of hydrazine groups is 1. The number of carbonyl (C=O) groups is 2. The van der Waals surface area contributed by atoms with Gasteiger partial charge in [0.05, 0.1) is 12.1 Å². The van der Waals surface area contributed by atoms with Crippen LogP contribution in [0.1, 0.15) is 16.8 Å². The van der Waals surface area contributed by atoms with Crippen molar-refractivity contribution in [2.24, 2.45) is 0 Å². The Labute approximate surface area is 141 Å². The molecule has 0 fully saturated rings. The molecule has 0 spiro atoms. The molecule has 0 aliphatic heterocycles. The lowest BCUT2D eigenvalue weighted by Gasteiger charge is -2.11. The molecule has 130 valence electrons. The van der Waals surface area contributed by atoms with Crippen LogP contribution >= 0.6 is 0 Å². The summed E-state index contributed by atoms with van der Waals surface area (Å²) in [6, 6.07) is 7.59. The van der Waals surface area contributed by atoms with Crippen molar-refractivity contribution in [2.75, 3.05) is 5.32 Å². The van der Waals surface area contributed by atoms with Crippen LogP contribution in [0.25, 0.3) is 0 Å². The van der Waals surface area contributed by atoms with Gasteiger partial charge in [-0.05, 0) is 36.4 Å². The van der Waals surface area contributed by atoms with Gasteiger partial charge in [-0.1, -0.05) is 6.58 Å². The maximum Gasteiger partial charge on any atom is 0.269 e. The summed E-state index contributed by atoms with van der Waals surface area (Å²) in [4.78, 5) is 23.6. The minimum Gasteiger partial charge on any atom is -0.323 e. The van der Waals surface area contributed by atoms with Crippen LogP contribution in [-0.4, -0.2) is 11.8 Å². The van der Waals surface area contributed by atoms with Crippen LogP contribution < -0.4 is 16.2 Å². The minimum absolute atomic E-state index is 0.135. The third-order valence-electron chi connectivity index (χ3n) is 3.04. The van der Waals surface area contributed by atoms with E-state index in [-0.39, 0.29) is 23.4 Å². The van der Waals surface area contributed by atoms with Gasteiger partial charge in [0.1, 0.15) is 17.5 Å². The first-order valence-electron chi connectivity index (χ1n) is 7.10. The molecule has 0 heterocycles. The van der Waals surface area contributed by atoms with E-state index < -0.39 is 29.3 Å². The Morgan fingerprint density at radius 1 is 0.920 bits per heavy atom. The van der Waals surface area contributed by atoms with Crippen LogP contribution in [0.2, 0.25) is 0 Å². The van der Waals surface area contributed by atoms with Gasteiger partial charge in [0.25, 0.3) is 5.91 Å². The van der Waals surface area contributed by atoms with E-state index in [1.165, 1.54) is 12.1 Å². The summed E-state index contributed by atoms with van der Waals surface area (Å²) in [7, 11) is 0. The Hall–Kier alpha value is -3.29. The van der Waals surface area contributed by atoms with Gasteiger partial charge in [-0.25, -0.2) is 13.2 Å². The zero-order chi connectivity index (χ0) is 18.4. The van der Waals surface area contributed by atoms with Crippen molar-refractivity contribution in [3.8, 4) is 0 Å². The van der Waals surface area contributed by atoms with Crippen molar-refractivity contribution >= 4 is 17.5 Å². The SMILES string of the molecule is C=C(CC(=O)Nc1ccc(F)cc1F)NNC(=O)c1ccc(F)cc1. The lowest BCUT2D eigenvalue weighted by molar-refractivity contribution is -0.115. The molecule has 0 aromatic heterocycles. The normalized spacial score (nSPS) is 10.0. The maximum atomic E-state index is 13.4. The molecule has 0 radical (unpaired) electrons. The smallest absolute Gasteiger partial charge is 0.269 e. The Morgan fingerprint density at radius 3 is 2.20 bits per heavy atom. The highest BCUT2D eigenvalue weighted by Gasteiger charge is 2.10. The summed E-state index contributed by atoms with van der Waals surface area (Å²) >= 11 is 0. The van der Waals surface area contributed by atoms with Crippen LogP contribution in [0.15, 0.2) is 54.7 Å². The molecule has 5 nitrogen and oxygen atoms in total. The van der Waals surface area contributed by atoms with E-state index in [2.05, 4.69) is 22.7 Å². The Morgan fingerprint density at radius 2 is 1.56 bits per heavy atom. The van der Waals surface area contributed by atoms with Gasteiger partial charge in [-0.2, -0.15) is 0 Å². The molecule has 0 bridgehead atoms. The second-order valence-corrected chi connectivity index (χ2v) is 5.04. The molecular formula is C17H14F3N3O2. The predicted molar refractivity (Wildman–Crippen MR) is 85.7 cm³/mol. The van der Waals surface area contributed by atoms with E-state index in [9.17, 15) is 22.8 Å². The van der Waals surface area contributed by atoms with Gasteiger partial charge in [-0.3, -0.25) is 15.0 Å². The van der Waals surface area contributed by atoms with E-state index in [1.807, 2.05) is 0 Å². The van der Waals surface area contributed by atoms with Crippen molar-refractivity contribution in [3.63, 3.8) is 0 Å². The van der Waals surface area contributed by atoms with Crippen molar-refractivity contribution in [3.05, 3.63) is 77.8 Å². The van der Waals surface area contributed by atoms with E-state index in [0.29, 0.717) is 6.07 Å². The quantitative estimate of drug-likeness (QED) is 0.703. The molecule has 2 amide bonds. The summed E-state index contributed by atoms with van der Waals surface area (Å²) in [6.07, 6.45) is -0.263. The summed E-state index contributed by atoms with van der Waals surface area (Å²) < 4.78 is 39.0. The molecule has 0 saturated carbocycles. The second kappa shape index (κ2) is 8.00. The van der Waals surface area contributed by atoms with Crippen LogP contribution in [0.4, 0.5) is 18.9 Å². The third kappa shape index (κ3) is 5.38. The minimum atomic E-state index is -0.906. The molecule has 8 heteroatoms. The van der Waals surface area contributed by atoms with Crippen molar-refractivity contribution in [1.82, 2.24) is 10.9 Å². The Bertz CT molecular complexity index is 807. The lowest BCUT2D eigenvalue weighted by Crippen LogP contribution is -2.37. The van der Waals surface area contributed by atoms with E-state index in [0.717, 1.165) is 24.3 Å². The largest absolute Gasteiger partial charge is 0.323 e. The van der Waals surface area contributed by atoms with E-state index in [4.69, 9.17) is 0 Å². The molecule has 2 rings (SSSR count). The molecule has 2 aromatic rings. The van der Waals surface area contributed by atoms with Crippen molar-refractivity contribution in [2.45, 2.75) is 6.42 Å². The Balaban J connectivity index is 1.82. The fraction of sp³-hybridized carbons (Fsp3) is 0.0588. The molecule has 0 aliphatic rings. The van der Waals surface area contributed by atoms with E-state index >= 15 is 0 Å². The first-order valence-corrected chi connectivity index (χ1v) is 7.10. The number of benzene rings is 2. The fourth-order valence-corrected chi connectivity index (χ4v) is 1.84. The number of hydrogen-bond donors (Lipinski definition) is 3. The Kier molecular flexibility index (Phi) is 5.78. The van der Waals surface area contributed by atoms with Crippen LogP contribution in [-0.2, 0) is 4.79 Å². The predicted octanol–water partition coefficient (Wildman–Crippen LogP) is 2.88. The number of amides is 2. The molecule has 0 saturated heterocycles. The van der Waals surface area contributed by atoms with Gasteiger partial charge in [-0.15, -0.1) is 0 Å². The lowest BCUT2D eigenvalue weighted by atomic mass is 10.2. The molecule has 25 heavy (non-hydrogen) atoms. The zero-order valence-electron chi connectivity index (χ0n) is 12.9. The molecule has 0 unspecified atom stereocenters. The number of anilines is 1. The average molecular weight is 349 g/mol. The summed E-state index contributed by atoms with van der Waals surface area (Å²) in [6.45, 7) is 3.55. The maximum absolute atomic E-state index is 13.4. The van der Waals surface area contributed by atoms with Crippen molar-refractivity contribution < 1.29 is 22.8 Å². The summed E-state index contributed by atoms with van der Waals surface area (Å²) in [5.74, 6) is -3.30. The van der Waals surface area contributed by atoms with Gasteiger partial charge in [0.15, 0.2) is 0 Å². The molecular weight excluding hydrogens is 335 g/mol. The van der Waals surface area contributed by atoms with Gasteiger partial charge in [0.2, 0.25) is 5.91 Å². The van der Waals surface area contributed by atoms with Crippen LogP contribution in [0, 0.1) is 17.5 Å². The van der Waals surface area contributed by atoms with Gasteiger partial charge in [0, 0.05) is 17.3 Å². The number of halogens is 3. The summed E-state index contributed by atoms with van der Waals surface area (Å²) in [5.41, 5.74) is 4.90. The molecule has 3 N–H and O–H groups in total. The topological polar surface area (TPSA) is 70.2 Å². The molecule has 0 atom stereocenters. The highest BCUT2D eigenvalue weighted by atomic mass is 19.1. The first-order chi connectivity index (χ1) is 11.8. The molecule has 2 aromatic carbocycles. The zero-order valence-corrected chi connectivity index (χ0v) is 12.9. The second-order valence-electron chi connectivity index (χ2n) is 5.04. The fourth-order valence-electron chi connectivity index (χ4n) is 1.84.